The molecule has 2 heterocycles. The molecule has 1 aromatic carbocycles. The van der Waals surface area contributed by atoms with E-state index in [9.17, 15) is 14.4 Å². The molecule has 2 aromatic rings. The largest absolute Gasteiger partial charge is 0.466 e. The Hall–Kier alpha value is -2.61. The molecule has 130 valence electrons. The van der Waals surface area contributed by atoms with Gasteiger partial charge in [0.15, 0.2) is 5.54 Å². The Labute approximate surface area is 152 Å². The molecule has 0 aliphatic carbocycles. The van der Waals surface area contributed by atoms with Gasteiger partial charge in [0, 0.05) is 10.2 Å². The van der Waals surface area contributed by atoms with Crippen LogP contribution in [-0.2, 0) is 15.1 Å². The van der Waals surface area contributed by atoms with Crippen molar-refractivity contribution in [3.63, 3.8) is 0 Å². The second-order valence-electron chi connectivity index (χ2n) is 5.93. The summed E-state index contributed by atoms with van der Waals surface area (Å²) < 4.78 is 6.14. The Bertz CT molecular complexity index is 850. The van der Waals surface area contributed by atoms with Crippen molar-refractivity contribution in [3.05, 3.63) is 52.4 Å². The van der Waals surface area contributed by atoms with Crippen LogP contribution >= 0.6 is 15.9 Å². The number of carbonyl (C=O) groups excluding carboxylic acids is 3. The molecule has 0 radical (unpaired) electrons. The molecule has 7 nitrogen and oxygen atoms in total. The minimum atomic E-state index is -1.31. The van der Waals surface area contributed by atoms with Gasteiger partial charge in [-0.1, -0.05) is 15.9 Å². The summed E-state index contributed by atoms with van der Waals surface area (Å²) in [5.41, 5.74) is 0.170. The van der Waals surface area contributed by atoms with Gasteiger partial charge < -0.3 is 15.1 Å². The normalized spacial score (nSPS) is 19.9. The number of amides is 4. The molecule has 1 fully saturated rings. The van der Waals surface area contributed by atoms with Crippen LogP contribution in [0.4, 0.5) is 10.5 Å². The first-order valence-corrected chi connectivity index (χ1v) is 8.34. The van der Waals surface area contributed by atoms with Crippen LogP contribution in [0.5, 0.6) is 0 Å². The van der Waals surface area contributed by atoms with Crippen molar-refractivity contribution in [1.82, 2.24) is 10.2 Å². The Morgan fingerprint density at radius 2 is 2.12 bits per heavy atom. The zero-order valence-corrected chi connectivity index (χ0v) is 15.2. The number of halogens is 1. The molecule has 0 saturated carbocycles. The Kier molecular flexibility index (Phi) is 4.38. The molecular weight excluding hydrogens is 390 g/mol. The van der Waals surface area contributed by atoms with Crippen molar-refractivity contribution in [2.75, 3.05) is 11.9 Å². The van der Waals surface area contributed by atoms with Crippen molar-refractivity contribution in [2.24, 2.45) is 0 Å². The lowest BCUT2D eigenvalue weighted by molar-refractivity contribution is -0.134. The Morgan fingerprint density at radius 3 is 2.76 bits per heavy atom. The number of rotatable bonds is 4. The van der Waals surface area contributed by atoms with E-state index in [0.717, 1.165) is 14.9 Å². The highest BCUT2D eigenvalue weighted by molar-refractivity contribution is 9.10. The van der Waals surface area contributed by atoms with Gasteiger partial charge in [-0.3, -0.25) is 14.5 Å². The minimum Gasteiger partial charge on any atom is -0.466 e. The molecule has 1 aromatic heterocycles. The van der Waals surface area contributed by atoms with Crippen LogP contribution < -0.4 is 10.6 Å². The van der Waals surface area contributed by atoms with Gasteiger partial charge in [-0.15, -0.1) is 0 Å². The number of furan rings is 1. The summed E-state index contributed by atoms with van der Waals surface area (Å²) in [7, 11) is 0. The van der Waals surface area contributed by atoms with Crippen molar-refractivity contribution in [1.29, 1.82) is 0 Å². The summed E-state index contributed by atoms with van der Waals surface area (Å²) in [6.45, 7) is 3.02. The zero-order chi connectivity index (χ0) is 18.2. The van der Waals surface area contributed by atoms with Crippen LogP contribution in [0, 0.1) is 6.92 Å². The van der Waals surface area contributed by atoms with Crippen LogP contribution in [0.25, 0.3) is 0 Å². The summed E-state index contributed by atoms with van der Waals surface area (Å²) in [4.78, 5) is 37.9. The van der Waals surface area contributed by atoms with Crippen molar-refractivity contribution < 1.29 is 18.8 Å². The number of imide groups is 1. The topological polar surface area (TPSA) is 91.7 Å². The van der Waals surface area contributed by atoms with Crippen molar-refractivity contribution in [3.8, 4) is 0 Å². The van der Waals surface area contributed by atoms with E-state index in [1.54, 1.807) is 31.2 Å². The first kappa shape index (κ1) is 17.2. The summed E-state index contributed by atoms with van der Waals surface area (Å²) in [6.07, 6.45) is 1.42. The average molecular weight is 406 g/mol. The fourth-order valence-electron chi connectivity index (χ4n) is 2.67. The average Bonchev–Trinajstić information content (AvgIpc) is 3.15. The summed E-state index contributed by atoms with van der Waals surface area (Å²) in [5.74, 6) is -0.676. The van der Waals surface area contributed by atoms with Crippen molar-refractivity contribution >= 4 is 39.5 Å². The van der Waals surface area contributed by atoms with Crippen molar-refractivity contribution in [2.45, 2.75) is 19.4 Å². The number of nitrogens with one attached hydrogen (secondary N) is 2. The number of hydrogen-bond donors (Lipinski definition) is 2. The Balaban J connectivity index is 1.73. The molecule has 1 unspecified atom stereocenters. The fourth-order valence-corrected chi connectivity index (χ4v) is 3.15. The molecule has 1 atom stereocenters. The highest BCUT2D eigenvalue weighted by atomic mass is 79.9. The lowest BCUT2D eigenvalue weighted by Crippen LogP contribution is -2.41. The molecule has 25 heavy (non-hydrogen) atoms. The van der Waals surface area contributed by atoms with Gasteiger partial charge in [-0.25, -0.2) is 4.79 Å². The predicted octanol–water partition coefficient (Wildman–Crippen LogP) is 2.76. The third kappa shape index (κ3) is 3.17. The monoisotopic (exact) mass is 405 g/mol. The third-order valence-corrected chi connectivity index (χ3v) is 4.55. The van der Waals surface area contributed by atoms with Gasteiger partial charge in [0.1, 0.15) is 12.3 Å². The van der Waals surface area contributed by atoms with E-state index in [1.807, 2.05) is 13.0 Å². The fraction of sp³-hybridized carbons (Fsp3) is 0.235. The SMILES string of the molecule is Cc1cc(Br)ccc1NC(=O)CN1C(=O)NC(C)(c2ccco2)C1=O. The van der Waals surface area contributed by atoms with E-state index >= 15 is 0 Å². The van der Waals surface area contributed by atoms with E-state index in [0.29, 0.717) is 11.4 Å². The standard InChI is InChI=1S/C17H16BrN3O4/c1-10-8-11(18)5-6-12(10)19-14(22)9-21-15(23)17(2,20-16(21)24)13-4-3-7-25-13/h3-8H,9H2,1-2H3,(H,19,22)(H,20,24). The molecule has 2 N–H and O–H groups in total. The van der Waals surface area contributed by atoms with E-state index in [-0.39, 0.29) is 6.54 Å². The molecule has 0 spiro atoms. The number of urea groups is 1. The summed E-state index contributed by atoms with van der Waals surface area (Å²) in [5, 5.41) is 5.29. The minimum absolute atomic E-state index is 0.317. The number of nitrogens with zero attached hydrogens (tertiary/aromatic N) is 1. The number of hydrogen-bond acceptors (Lipinski definition) is 4. The van der Waals surface area contributed by atoms with Crippen LogP contribution in [-0.4, -0.2) is 29.3 Å². The second-order valence-corrected chi connectivity index (χ2v) is 6.85. The van der Waals surface area contributed by atoms with Gasteiger partial charge in [-0.05, 0) is 49.7 Å². The van der Waals surface area contributed by atoms with Gasteiger partial charge in [0.25, 0.3) is 5.91 Å². The van der Waals surface area contributed by atoms with E-state index in [1.165, 1.54) is 6.26 Å². The summed E-state index contributed by atoms with van der Waals surface area (Å²) >= 11 is 3.35. The molecule has 1 aliphatic heterocycles. The molecule has 1 saturated heterocycles. The molecule has 1 aliphatic rings. The first-order valence-electron chi connectivity index (χ1n) is 7.55. The highest BCUT2D eigenvalue weighted by Gasteiger charge is 2.51. The quantitative estimate of drug-likeness (QED) is 0.764. The lowest BCUT2D eigenvalue weighted by Gasteiger charge is -2.19. The number of carbonyl (C=O) groups is 3. The van der Waals surface area contributed by atoms with E-state index in [4.69, 9.17) is 4.42 Å². The number of anilines is 1. The van der Waals surface area contributed by atoms with Crippen LogP contribution in [0.3, 0.4) is 0 Å². The van der Waals surface area contributed by atoms with Gasteiger partial charge >= 0.3 is 6.03 Å². The molecule has 4 amide bonds. The second kappa shape index (κ2) is 6.36. The van der Waals surface area contributed by atoms with Crippen LogP contribution in [0.15, 0.2) is 45.5 Å². The zero-order valence-electron chi connectivity index (χ0n) is 13.6. The lowest BCUT2D eigenvalue weighted by atomic mass is 9.99. The van der Waals surface area contributed by atoms with Crippen LogP contribution in [0.2, 0.25) is 0 Å². The predicted molar refractivity (Wildman–Crippen MR) is 93.8 cm³/mol. The molecule has 0 bridgehead atoms. The van der Waals surface area contributed by atoms with Gasteiger partial charge in [0.2, 0.25) is 5.91 Å². The third-order valence-electron chi connectivity index (χ3n) is 4.05. The molecular formula is C17H16BrN3O4. The number of benzene rings is 1. The van der Waals surface area contributed by atoms with E-state index < -0.39 is 23.4 Å². The summed E-state index contributed by atoms with van der Waals surface area (Å²) in [6, 6.07) is 8.00. The van der Waals surface area contributed by atoms with Gasteiger partial charge in [0.05, 0.1) is 6.26 Å². The maximum absolute atomic E-state index is 12.6. The maximum atomic E-state index is 12.6. The van der Waals surface area contributed by atoms with Crippen LogP contribution in [0.1, 0.15) is 18.2 Å². The Morgan fingerprint density at radius 1 is 1.36 bits per heavy atom. The molecule has 8 heteroatoms. The first-order chi connectivity index (χ1) is 11.8. The smallest absolute Gasteiger partial charge is 0.325 e. The van der Waals surface area contributed by atoms with Gasteiger partial charge in [-0.2, -0.15) is 0 Å². The van der Waals surface area contributed by atoms with E-state index in [2.05, 4.69) is 26.6 Å². The molecule has 3 rings (SSSR count). The number of aryl methyl sites for hydroxylation is 1. The highest BCUT2D eigenvalue weighted by Crippen LogP contribution is 2.29. The maximum Gasteiger partial charge on any atom is 0.325 e.